The molecule has 1 saturated carbocycles. The first kappa shape index (κ1) is 12.2. The van der Waals surface area contributed by atoms with E-state index in [-0.39, 0.29) is 11.8 Å². The molecule has 1 aromatic rings. The van der Waals surface area contributed by atoms with Gasteiger partial charge >= 0.3 is 0 Å². The Morgan fingerprint density at radius 3 is 2.63 bits per heavy atom. The van der Waals surface area contributed by atoms with E-state index in [0.717, 1.165) is 12.8 Å². The number of fused-ring (bicyclic) bond motifs is 1. The number of hydrogen-bond donors (Lipinski definition) is 1. The second-order valence-electron chi connectivity index (χ2n) is 5.81. The lowest BCUT2D eigenvalue weighted by molar-refractivity contribution is 0.0629. The topological polar surface area (TPSA) is 63.4 Å². The van der Waals surface area contributed by atoms with E-state index in [9.17, 15) is 9.59 Å². The van der Waals surface area contributed by atoms with Crippen molar-refractivity contribution in [2.75, 3.05) is 12.3 Å². The average Bonchev–Trinajstić information content (AvgIpc) is 2.88. The summed E-state index contributed by atoms with van der Waals surface area (Å²) in [7, 11) is 0. The van der Waals surface area contributed by atoms with E-state index in [4.69, 9.17) is 5.73 Å². The van der Waals surface area contributed by atoms with Gasteiger partial charge in [-0.3, -0.25) is 14.5 Å². The van der Waals surface area contributed by atoms with Gasteiger partial charge in [-0.2, -0.15) is 0 Å². The number of anilines is 1. The predicted octanol–water partition coefficient (Wildman–Crippen LogP) is 2.30. The highest BCUT2D eigenvalue weighted by atomic mass is 16.2. The molecule has 4 heteroatoms. The molecule has 4 nitrogen and oxygen atoms in total. The maximum Gasteiger partial charge on any atom is 0.261 e. The molecule has 1 heterocycles. The molecular weight excluding hydrogens is 240 g/mol. The van der Waals surface area contributed by atoms with Crippen LogP contribution in [0.25, 0.3) is 0 Å². The number of carbonyl (C=O) groups is 2. The third-order valence-corrected chi connectivity index (χ3v) is 4.24. The second-order valence-corrected chi connectivity index (χ2v) is 5.81. The lowest BCUT2D eigenvalue weighted by atomic mass is 10.1. The largest absolute Gasteiger partial charge is 0.399 e. The Morgan fingerprint density at radius 2 is 1.95 bits per heavy atom. The van der Waals surface area contributed by atoms with Gasteiger partial charge in [0.2, 0.25) is 0 Å². The van der Waals surface area contributed by atoms with Gasteiger partial charge in [-0.25, -0.2) is 0 Å². The summed E-state index contributed by atoms with van der Waals surface area (Å²) >= 11 is 0. The maximum atomic E-state index is 12.3. The molecule has 0 saturated heterocycles. The molecule has 2 N–H and O–H groups in total. The number of nitrogens with zero attached hydrogens (tertiary/aromatic N) is 1. The molecule has 1 fully saturated rings. The number of rotatable bonds is 2. The Kier molecular flexibility index (Phi) is 2.81. The fourth-order valence-electron chi connectivity index (χ4n) is 3.22. The normalized spacial score (nSPS) is 26.1. The summed E-state index contributed by atoms with van der Waals surface area (Å²) in [4.78, 5) is 25.9. The van der Waals surface area contributed by atoms with Crippen molar-refractivity contribution in [3.8, 4) is 0 Å². The third-order valence-electron chi connectivity index (χ3n) is 4.24. The van der Waals surface area contributed by atoms with Crippen LogP contribution in [0.3, 0.4) is 0 Å². The van der Waals surface area contributed by atoms with Crippen molar-refractivity contribution in [3.63, 3.8) is 0 Å². The first-order valence-electron chi connectivity index (χ1n) is 6.82. The average molecular weight is 258 g/mol. The lowest BCUT2D eigenvalue weighted by Crippen LogP contribution is -2.34. The first-order chi connectivity index (χ1) is 9.06. The Morgan fingerprint density at radius 1 is 1.21 bits per heavy atom. The summed E-state index contributed by atoms with van der Waals surface area (Å²) in [6.45, 7) is 2.78. The second kappa shape index (κ2) is 4.37. The van der Waals surface area contributed by atoms with Crippen LogP contribution in [-0.4, -0.2) is 23.3 Å². The lowest BCUT2D eigenvalue weighted by Gasteiger charge is -2.18. The molecule has 1 aliphatic heterocycles. The number of amides is 2. The van der Waals surface area contributed by atoms with Crippen molar-refractivity contribution in [1.82, 2.24) is 4.90 Å². The smallest absolute Gasteiger partial charge is 0.261 e. The molecule has 2 atom stereocenters. The number of nitrogens with two attached hydrogens (primary N) is 1. The minimum Gasteiger partial charge on any atom is -0.399 e. The van der Waals surface area contributed by atoms with Gasteiger partial charge < -0.3 is 5.73 Å². The number of benzene rings is 1. The summed E-state index contributed by atoms with van der Waals surface area (Å²) in [6.07, 6.45) is 3.41. The monoisotopic (exact) mass is 258 g/mol. The molecule has 0 radical (unpaired) electrons. The molecule has 2 amide bonds. The maximum absolute atomic E-state index is 12.3. The van der Waals surface area contributed by atoms with Crippen molar-refractivity contribution in [2.24, 2.45) is 11.8 Å². The van der Waals surface area contributed by atoms with Gasteiger partial charge in [0, 0.05) is 12.2 Å². The van der Waals surface area contributed by atoms with Crippen LogP contribution in [0.1, 0.15) is 46.9 Å². The fourth-order valence-corrected chi connectivity index (χ4v) is 3.22. The van der Waals surface area contributed by atoms with Crippen LogP contribution >= 0.6 is 0 Å². The van der Waals surface area contributed by atoms with E-state index in [1.807, 2.05) is 0 Å². The van der Waals surface area contributed by atoms with Crippen LogP contribution in [0.4, 0.5) is 5.69 Å². The minimum absolute atomic E-state index is 0.167. The van der Waals surface area contributed by atoms with E-state index in [2.05, 4.69) is 6.92 Å². The zero-order valence-electron chi connectivity index (χ0n) is 11.1. The van der Waals surface area contributed by atoms with Gasteiger partial charge in [0.15, 0.2) is 0 Å². The van der Waals surface area contributed by atoms with E-state index < -0.39 is 0 Å². The summed E-state index contributed by atoms with van der Waals surface area (Å²) in [5.74, 6) is 0.803. The Labute approximate surface area is 112 Å². The third kappa shape index (κ3) is 2.01. The van der Waals surface area contributed by atoms with Crippen molar-refractivity contribution in [1.29, 1.82) is 0 Å². The van der Waals surface area contributed by atoms with Gasteiger partial charge in [-0.1, -0.05) is 13.3 Å². The summed E-state index contributed by atoms with van der Waals surface area (Å²) < 4.78 is 0. The predicted molar refractivity (Wildman–Crippen MR) is 72.7 cm³/mol. The van der Waals surface area contributed by atoms with Crippen LogP contribution in [0.2, 0.25) is 0 Å². The van der Waals surface area contributed by atoms with Crippen LogP contribution in [-0.2, 0) is 0 Å². The molecule has 0 aromatic heterocycles. The van der Waals surface area contributed by atoms with Gasteiger partial charge in [-0.05, 0) is 42.9 Å². The Balaban J connectivity index is 1.82. The van der Waals surface area contributed by atoms with Crippen LogP contribution in [0, 0.1) is 11.8 Å². The first-order valence-corrected chi connectivity index (χ1v) is 6.82. The van der Waals surface area contributed by atoms with Crippen molar-refractivity contribution in [2.45, 2.75) is 26.2 Å². The van der Waals surface area contributed by atoms with Gasteiger partial charge in [-0.15, -0.1) is 0 Å². The molecule has 2 aliphatic rings. The fraction of sp³-hybridized carbons (Fsp3) is 0.467. The molecule has 1 aromatic carbocycles. The highest BCUT2D eigenvalue weighted by Crippen LogP contribution is 2.33. The zero-order chi connectivity index (χ0) is 13.6. The van der Waals surface area contributed by atoms with Gasteiger partial charge in [0.1, 0.15) is 0 Å². The number of carbonyl (C=O) groups excluding carboxylic acids is 2. The quantitative estimate of drug-likeness (QED) is 0.654. The van der Waals surface area contributed by atoms with Gasteiger partial charge in [0.05, 0.1) is 11.1 Å². The molecular formula is C15H18N2O2. The van der Waals surface area contributed by atoms with Crippen LogP contribution < -0.4 is 5.73 Å². The minimum atomic E-state index is -0.188. The van der Waals surface area contributed by atoms with E-state index in [1.54, 1.807) is 18.2 Å². The number of imide groups is 1. The van der Waals surface area contributed by atoms with Crippen molar-refractivity contribution >= 4 is 17.5 Å². The molecule has 19 heavy (non-hydrogen) atoms. The Hall–Kier alpha value is -1.84. The molecule has 3 rings (SSSR count). The molecule has 1 aliphatic carbocycles. The van der Waals surface area contributed by atoms with Crippen LogP contribution in [0.5, 0.6) is 0 Å². The highest BCUT2D eigenvalue weighted by Gasteiger charge is 2.37. The summed E-state index contributed by atoms with van der Waals surface area (Å²) in [5.41, 5.74) is 7.15. The van der Waals surface area contributed by atoms with Crippen molar-refractivity contribution in [3.05, 3.63) is 29.3 Å². The van der Waals surface area contributed by atoms with E-state index in [1.165, 1.54) is 11.3 Å². The van der Waals surface area contributed by atoms with Crippen molar-refractivity contribution < 1.29 is 9.59 Å². The van der Waals surface area contributed by atoms with Gasteiger partial charge in [0.25, 0.3) is 11.8 Å². The van der Waals surface area contributed by atoms with E-state index >= 15 is 0 Å². The molecule has 2 unspecified atom stereocenters. The van der Waals surface area contributed by atoms with Crippen LogP contribution in [0.15, 0.2) is 18.2 Å². The molecule has 0 spiro atoms. The SMILES string of the molecule is CC1CCC(CN2C(=O)c3ccc(N)cc3C2=O)C1. The van der Waals surface area contributed by atoms with E-state index in [0.29, 0.717) is 35.2 Å². The standard InChI is InChI=1S/C15H18N2O2/c1-9-2-3-10(6-9)8-17-14(18)12-5-4-11(16)7-13(12)15(17)19/h4-5,7,9-10H,2-3,6,8,16H2,1H3. The highest BCUT2D eigenvalue weighted by molar-refractivity contribution is 6.21. The number of hydrogen-bond acceptors (Lipinski definition) is 3. The summed E-state index contributed by atoms with van der Waals surface area (Å²) in [6, 6.07) is 4.93. The zero-order valence-corrected chi connectivity index (χ0v) is 11.1. The number of nitrogen functional groups attached to an aromatic ring is 1. The molecule has 0 bridgehead atoms. The summed E-state index contributed by atoms with van der Waals surface area (Å²) in [5, 5.41) is 0. The Bertz CT molecular complexity index is 553. The molecule has 100 valence electrons.